The molecular formula is C21H18N2O4S. The molecule has 0 fully saturated rings. The molecule has 3 aromatic rings. The number of ether oxygens (including phenoxy) is 1. The lowest BCUT2D eigenvalue weighted by molar-refractivity contribution is -0.384. The monoisotopic (exact) mass is 394 g/mol. The number of rotatable bonds is 7. The van der Waals surface area contributed by atoms with Crippen molar-refractivity contribution in [2.75, 3.05) is 0 Å². The molecular weight excluding hydrogens is 376 g/mol. The lowest BCUT2D eigenvalue weighted by atomic mass is 10.1. The number of esters is 1. The molecule has 0 saturated heterocycles. The van der Waals surface area contributed by atoms with Gasteiger partial charge in [-0.1, -0.05) is 36.4 Å². The van der Waals surface area contributed by atoms with Gasteiger partial charge in [0.2, 0.25) is 0 Å². The first-order valence-corrected chi connectivity index (χ1v) is 9.50. The number of hydrogen-bond acceptors (Lipinski definition) is 6. The molecule has 2 aromatic carbocycles. The Morgan fingerprint density at radius 3 is 2.32 bits per heavy atom. The summed E-state index contributed by atoms with van der Waals surface area (Å²) >= 11 is 1.29. The summed E-state index contributed by atoms with van der Waals surface area (Å²) in [5.41, 5.74) is 1.50. The highest BCUT2D eigenvalue weighted by Crippen LogP contribution is 2.29. The largest absolute Gasteiger partial charge is 0.450 e. The van der Waals surface area contributed by atoms with Gasteiger partial charge in [-0.15, -0.1) is 11.8 Å². The summed E-state index contributed by atoms with van der Waals surface area (Å²) in [4.78, 5) is 28.1. The summed E-state index contributed by atoms with van der Waals surface area (Å²) in [6.45, 7) is 1.74. The zero-order chi connectivity index (χ0) is 19.9. The summed E-state index contributed by atoms with van der Waals surface area (Å²) in [5, 5.41) is 10.3. The van der Waals surface area contributed by atoms with Gasteiger partial charge < -0.3 is 4.74 Å². The topological polar surface area (TPSA) is 82.3 Å². The van der Waals surface area contributed by atoms with E-state index in [2.05, 4.69) is 4.98 Å². The van der Waals surface area contributed by atoms with Gasteiger partial charge in [-0.2, -0.15) is 0 Å². The van der Waals surface area contributed by atoms with Crippen LogP contribution in [0.1, 0.15) is 24.3 Å². The van der Waals surface area contributed by atoms with Crippen LogP contribution in [0.15, 0.2) is 83.9 Å². The Morgan fingerprint density at radius 1 is 1.04 bits per heavy atom. The summed E-state index contributed by atoms with van der Waals surface area (Å²) < 4.78 is 5.79. The molecule has 0 N–H and O–H groups in total. The minimum Gasteiger partial charge on any atom is -0.450 e. The number of aromatic nitrogens is 1. The third-order valence-electron chi connectivity index (χ3n) is 3.99. The van der Waals surface area contributed by atoms with E-state index >= 15 is 0 Å². The second-order valence-corrected chi connectivity index (χ2v) is 7.41. The summed E-state index contributed by atoms with van der Waals surface area (Å²) in [6, 6.07) is 21.0. The molecule has 6 nitrogen and oxygen atoms in total. The van der Waals surface area contributed by atoms with Crippen LogP contribution in [-0.2, 0) is 9.53 Å². The van der Waals surface area contributed by atoms with Crippen molar-refractivity contribution in [3.63, 3.8) is 0 Å². The van der Waals surface area contributed by atoms with Crippen LogP contribution < -0.4 is 0 Å². The molecule has 0 aliphatic rings. The fraction of sp³-hybridized carbons (Fsp3) is 0.143. The van der Waals surface area contributed by atoms with E-state index in [1.165, 1.54) is 23.9 Å². The molecule has 0 aliphatic carbocycles. The van der Waals surface area contributed by atoms with Crippen LogP contribution in [0.5, 0.6) is 0 Å². The van der Waals surface area contributed by atoms with E-state index in [-0.39, 0.29) is 11.7 Å². The van der Waals surface area contributed by atoms with Crippen LogP contribution in [0.25, 0.3) is 0 Å². The number of thioether (sulfide) groups is 1. The van der Waals surface area contributed by atoms with E-state index in [0.717, 1.165) is 10.5 Å². The molecule has 28 heavy (non-hydrogen) atoms. The minimum atomic E-state index is -0.602. The quantitative estimate of drug-likeness (QED) is 0.248. The van der Waals surface area contributed by atoms with Crippen molar-refractivity contribution < 1.29 is 14.5 Å². The number of nitro benzene ring substituents is 1. The number of pyridine rings is 1. The van der Waals surface area contributed by atoms with Crippen LogP contribution in [0.3, 0.4) is 0 Å². The van der Waals surface area contributed by atoms with Crippen molar-refractivity contribution in [2.24, 2.45) is 0 Å². The van der Waals surface area contributed by atoms with Crippen molar-refractivity contribution in [1.82, 2.24) is 4.98 Å². The molecule has 2 unspecified atom stereocenters. The van der Waals surface area contributed by atoms with Crippen molar-refractivity contribution in [3.05, 3.63) is 100 Å². The maximum Gasteiger partial charge on any atom is 0.320 e. The average Bonchev–Trinajstić information content (AvgIpc) is 2.73. The first kappa shape index (κ1) is 19.6. The Balaban J connectivity index is 1.73. The third-order valence-corrected chi connectivity index (χ3v) is 5.08. The van der Waals surface area contributed by atoms with Crippen molar-refractivity contribution in [3.8, 4) is 0 Å². The fourth-order valence-electron chi connectivity index (χ4n) is 2.57. The number of non-ortho nitro benzene ring substituents is 1. The SMILES string of the molecule is CC(Sc1ccc([N+](=O)[O-])cc1)C(=O)OC(c1ccccc1)c1ccccn1. The van der Waals surface area contributed by atoms with Crippen LogP contribution in [0.4, 0.5) is 5.69 Å². The van der Waals surface area contributed by atoms with Gasteiger partial charge in [0.05, 0.1) is 10.6 Å². The third kappa shape index (κ3) is 4.95. The molecule has 3 rings (SSSR count). The van der Waals surface area contributed by atoms with Gasteiger partial charge in [0.25, 0.3) is 5.69 Å². The molecule has 2 atom stereocenters. The van der Waals surface area contributed by atoms with Crippen LogP contribution in [0.2, 0.25) is 0 Å². The zero-order valence-corrected chi connectivity index (χ0v) is 15.9. The molecule has 0 aliphatic heterocycles. The Hall–Kier alpha value is -3.19. The van der Waals surface area contributed by atoms with Crippen molar-refractivity contribution in [2.45, 2.75) is 23.2 Å². The first-order valence-electron chi connectivity index (χ1n) is 8.62. The van der Waals surface area contributed by atoms with E-state index in [0.29, 0.717) is 5.69 Å². The van der Waals surface area contributed by atoms with Gasteiger partial charge in [0, 0.05) is 23.2 Å². The normalized spacial score (nSPS) is 12.8. The van der Waals surface area contributed by atoms with Crippen LogP contribution in [0, 0.1) is 10.1 Å². The molecule has 7 heteroatoms. The predicted octanol–water partition coefficient (Wildman–Crippen LogP) is 4.80. The highest BCUT2D eigenvalue weighted by atomic mass is 32.2. The summed E-state index contributed by atoms with van der Waals surface area (Å²) in [7, 11) is 0. The number of carbonyl (C=O) groups excluding carboxylic acids is 1. The highest BCUT2D eigenvalue weighted by Gasteiger charge is 2.24. The van der Waals surface area contributed by atoms with E-state index in [4.69, 9.17) is 4.74 Å². The van der Waals surface area contributed by atoms with E-state index in [9.17, 15) is 14.9 Å². The summed E-state index contributed by atoms with van der Waals surface area (Å²) in [5.74, 6) is -0.386. The van der Waals surface area contributed by atoms with Gasteiger partial charge in [0.1, 0.15) is 5.25 Å². The molecule has 1 aromatic heterocycles. The molecule has 0 bridgehead atoms. The predicted molar refractivity (Wildman–Crippen MR) is 107 cm³/mol. The standard InChI is InChI=1S/C21H18N2O4S/c1-15(28-18-12-10-17(11-13-18)23(25)26)21(24)27-20(16-7-3-2-4-8-16)19-9-5-6-14-22-19/h2-15,20H,1H3. The summed E-state index contributed by atoms with van der Waals surface area (Å²) in [6.07, 6.45) is 1.06. The number of benzene rings is 2. The Kier molecular flexibility index (Phi) is 6.39. The first-order chi connectivity index (χ1) is 13.5. The van der Waals surface area contributed by atoms with Gasteiger partial charge in [-0.3, -0.25) is 19.9 Å². The zero-order valence-electron chi connectivity index (χ0n) is 15.1. The van der Waals surface area contributed by atoms with Crippen LogP contribution >= 0.6 is 11.8 Å². The second-order valence-electron chi connectivity index (χ2n) is 5.99. The fourth-order valence-corrected chi connectivity index (χ4v) is 3.42. The highest BCUT2D eigenvalue weighted by molar-refractivity contribution is 8.00. The van der Waals surface area contributed by atoms with Gasteiger partial charge >= 0.3 is 5.97 Å². The molecule has 0 radical (unpaired) electrons. The smallest absolute Gasteiger partial charge is 0.320 e. The van der Waals surface area contributed by atoms with Crippen molar-refractivity contribution in [1.29, 1.82) is 0 Å². The van der Waals surface area contributed by atoms with Crippen molar-refractivity contribution >= 4 is 23.4 Å². The van der Waals surface area contributed by atoms with E-state index < -0.39 is 16.3 Å². The van der Waals surface area contributed by atoms with Crippen LogP contribution in [-0.4, -0.2) is 21.1 Å². The number of hydrogen-bond donors (Lipinski definition) is 0. The average molecular weight is 394 g/mol. The Labute approximate surface area is 166 Å². The van der Waals surface area contributed by atoms with E-state index in [1.807, 2.05) is 42.5 Å². The van der Waals surface area contributed by atoms with Gasteiger partial charge in [0.15, 0.2) is 6.10 Å². The minimum absolute atomic E-state index is 0.0128. The number of nitrogens with zero attached hydrogens (tertiary/aromatic N) is 2. The number of carbonyl (C=O) groups is 1. The Morgan fingerprint density at radius 2 is 1.71 bits per heavy atom. The maximum atomic E-state index is 12.7. The Bertz CT molecular complexity index is 894. The lowest BCUT2D eigenvalue weighted by Gasteiger charge is -2.20. The number of nitro groups is 1. The molecule has 142 valence electrons. The molecule has 0 amide bonds. The second kappa shape index (κ2) is 9.14. The van der Waals surface area contributed by atoms with E-state index in [1.54, 1.807) is 31.3 Å². The van der Waals surface area contributed by atoms with Gasteiger partial charge in [-0.05, 0) is 36.8 Å². The molecule has 0 spiro atoms. The molecule has 1 heterocycles. The lowest BCUT2D eigenvalue weighted by Crippen LogP contribution is -2.21. The maximum absolute atomic E-state index is 12.7. The molecule has 0 saturated carbocycles. The van der Waals surface area contributed by atoms with Gasteiger partial charge in [-0.25, -0.2) is 0 Å².